The minimum atomic E-state index is -0.178. The van der Waals surface area contributed by atoms with E-state index in [0.29, 0.717) is 13.2 Å². The lowest BCUT2D eigenvalue weighted by molar-refractivity contribution is -0.111. The SMILES string of the molecule is CCOc1ccc(/C=C/C(=O)Nc2ccc(OCC)cc2)cc1. The third kappa shape index (κ3) is 5.51. The fraction of sp³-hybridized carbons (Fsp3) is 0.211. The number of hydrogen-bond acceptors (Lipinski definition) is 3. The van der Waals surface area contributed by atoms with Crippen LogP contribution in [0.5, 0.6) is 11.5 Å². The number of carbonyl (C=O) groups excluding carboxylic acids is 1. The first-order valence-corrected chi connectivity index (χ1v) is 7.66. The molecule has 0 saturated carbocycles. The number of ether oxygens (including phenoxy) is 2. The van der Waals surface area contributed by atoms with Crippen LogP contribution in [0.15, 0.2) is 54.6 Å². The van der Waals surface area contributed by atoms with Crippen molar-refractivity contribution < 1.29 is 14.3 Å². The third-order valence-electron chi connectivity index (χ3n) is 3.05. The number of anilines is 1. The number of nitrogens with one attached hydrogen (secondary N) is 1. The molecule has 0 fully saturated rings. The van der Waals surface area contributed by atoms with Crippen LogP contribution >= 0.6 is 0 Å². The van der Waals surface area contributed by atoms with Gasteiger partial charge >= 0.3 is 0 Å². The van der Waals surface area contributed by atoms with Crippen molar-refractivity contribution in [3.8, 4) is 11.5 Å². The minimum absolute atomic E-state index is 0.178. The second-order valence-corrected chi connectivity index (χ2v) is 4.78. The van der Waals surface area contributed by atoms with Gasteiger partial charge in [-0.3, -0.25) is 4.79 Å². The van der Waals surface area contributed by atoms with Crippen LogP contribution in [0.4, 0.5) is 5.69 Å². The molecule has 0 heterocycles. The maximum Gasteiger partial charge on any atom is 0.248 e. The zero-order valence-electron chi connectivity index (χ0n) is 13.4. The van der Waals surface area contributed by atoms with Gasteiger partial charge in [0.2, 0.25) is 5.91 Å². The number of hydrogen-bond donors (Lipinski definition) is 1. The number of carbonyl (C=O) groups is 1. The van der Waals surface area contributed by atoms with E-state index < -0.39 is 0 Å². The van der Waals surface area contributed by atoms with Gasteiger partial charge in [-0.25, -0.2) is 0 Å². The highest BCUT2D eigenvalue weighted by molar-refractivity contribution is 6.01. The van der Waals surface area contributed by atoms with Gasteiger partial charge in [0, 0.05) is 11.8 Å². The summed E-state index contributed by atoms with van der Waals surface area (Å²) in [6, 6.07) is 14.9. The number of rotatable bonds is 7. The molecular weight excluding hydrogens is 290 g/mol. The summed E-state index contributed by atoms with van der Waals surface area (Å²) in [5.41, 5.74) is 1.67. The van der Waals surface area contributed by atoms with Gasteiger partial charge in [-0.05, 0) is 61.9 Å². The molecule has 4 nitrogen and oxygen atoms in total. The highest BCUT2D eigenvalue weighted by atomic mass is 16.5. The molecule has 2 rings (SSSR count). The summed E-state index contributed by atoms with van der Waals surface area (Å²) in [7, 11) is 0. The van der Waals surface area contributed by atoms with E-state index in [1.165, 1.54) is 6.08 Å². The summed E-state index contributed by atoms with van der Waals surface area (Å²) in [5, 5.41) is 2.81. The predicted octanol–water partition coefficient (Wildman–Crippen LogP) is 4.14. The van der Waals surface area contributed by atoms with Gasteiger partial charge < -0.3 is 14.8 Å². The van der Waals surface area contributed by atoms with Crippen molar-refractivity contribution in [3.63, 3.8) is 0 Å². The maximum absolute atomic E-state index is 11.9. The summed E-state index contributed by atoms with van der Waals surface area (Å²) in [6.07, 6.45) is 3.27. The molecule has 2 aromatic rings. The van der Waals surface area contributed by atoms with E-state index >= 15 is 0 Å². The van der Waals surface area contributed by atoms with Crippen LogP contribution in [0.2, 0.25) is 0 Å². The normalized spacial score (nSPS) is 10.5. The van der Waals surface area contributed by atoms with E-state index in [2.05, 4.69) is 5.32 Å². The lowest BCUT2D eigenvalue weighted by atomic mass is 10.2. The van der Waals surface area contributed by atoms with Gasteiger partial charge in [0.15, 0.2) is 0 Å². The van der Waals surface area contributed by atoms with Crippen LogP contribution in [-0.4, -0.2) is 19.1 Å². The highest BCUT2D eigenvalue weighted by Crippen LogP contribution is 2.16. The summed E-state index contributed by atoms with van der Waals surface area (Å²) in [4.78, 5) is 11.9. The molecule has 0 bridgehead atoms. The highest BCUT2D eigenvalue weighted by Gasteiger charge is 1.99. The molecule has 4 heteroatoms. The van der Waals surface area contributed by atoms with Crippen molar-refractivity contribution in [2.45, 2.75) is 13.8 Å². The Morgan fingerprint density at radius 2 is 1.43 bits per heavy atom. The topological polar surface area (TPSA) is 47.6 Å². The molecule has 0 unspecified atom stereocenters. The molecule has 0 saturated heterocycles. The Balaban J connectivity index is 1.90. The average molecular weight is 311 g/mol. The molecule has 1 amide bonds. The Morgan fingerprint density at radius 3 is 1.96 bits per heavy atom. The van der Waals surface area contributed by atoms with Crippen molar-refractivity contribution in [1.29, 1.82) is 0 Å². The molecule has 0 radical (unpaired) electrons. The van der Waals surface area contributed by atoms with Gasteiger partial charge in [0.05, 0.1) is 13.2 Å². The summed E-state index contributed by atoms with van der Waals surface area (Å²) < 4.78 is 10.7. The van der Waals surface area contributed by atoms with Gasteiger partial charge in [-0.15, -0.1) is 0 Å². The second kappa shape index (κ2) is 8.63. The standard InChI is InChI=1S/C19H21NO3/c1-3-22-17-10-5-15(6-11-17)7-14-19(21)20-16-8-12-18(13-9-16)23-4-2/h5-14H,3-4H2,1-2H3,(H,20,21)/b14-7+. The smallest absolute Gasteiger partial charge is 0.248 e. The molecular formula is C19H21NO3. The van der Waals surface area contributed by atoms with E-state index in [0.717, 1.165) is 22.7 Å². The van der Waals surface area contributed by atoms with Crippen molar-refractivity contribution in [2.75, 3.05) is 18.5 Å². The molecule has 2 aromatic carbocycles. The zero-order chi connectivity index (χ0) is 16.5. The van der Waals surface area contributed by atoms with E-state index in [1.54, 1.807) is 6.08 Å². The fourth-order valence-electron chi connectivity index (χ4n) is 2.00. The first-order valence-electron chi connectivity index (χ1n) is 7.66. The summed E-state index contributed by atoms with van der Waals surface area (Å²) >= 11 is 0. The first kappa shape index (κ1) is 16.6. The van der Waals surface area contributed by atoms with Crippen molar-refractivity contribution in [3.05, 3.63) is 60.2 Å². The number of benzene rings is 2. The van der Waals surface area contributed by atoms with E-state index in [4.69, 9.17) is 9.47 Å². The Bertz CT molecular complexity index is 645. The van der Waals surface area contributed by atoms with Crippen LogP contribution in [0.3, 0.4) is 0 Å². The summed E-state index contributed by atoms with van der Waals surface area (Å²) in [6.45, 7) is 5.14. The van der Waals surface area contributed by atoms with Crippen molar-refractivity contribution >= 4 is 17.7 Å². The van der Waals surface area contributed by atoms with E-state index in [-0.39, 0.29) is 5.91 Å². The van der Waals surface area contributed by atoms with Crippen LogP contribution < -0.4 is 14.8 Å². The predicted molar refractivity (Wildman–Crippen MR) is 92.9 cm³/mol. The van der Waals surface area contributed by atoms with Crippen LogP contribution in [-0.2, 0) is 4.79 Å². The van der Waals surface area contributed by atoms with Gasteiger partial charge in [-0.1, -0.05) is 12.1 Å². The Hall–Kier alpha value is -2.75. The average Bonchev–Trinajstić information content (AvgIpc) is 2.57. The van der Waals surface area contributed by atoms with Gasteiger partial charge in [-0.2, -0.15) is 0 Å². The lowest BCUT2D eigenvalue weighted by Gasteiger charge is -2.05. The first-order chi connectivity index (χ1) is 11.2. The van der Waals surface area contributed by atoms with E-state index in [1.807, 2.05) is 62.4 Å². The molecule has 1 N–H and O–H groups in total. The second-order valence-electron chi connectivity index (χ2n) is 4.78. The van der Waals surface area contributed by atoms with Crippen molar-refractivity contribution in [1.82, 2.24) is 0 Å². The zero-order valence-corrected chi connectivity index (χ0v) is 13.4. The Kier molecular flexibility index (Phi) is 6.24. The van der Waals surface area contributed by atoms with Crippen LogP contribution in [0.1, 0.15) is 19.4 Å². The van der Waals surface area contributed by atoms with E-state index in [9.17, 15) is 4.79 Å². The monoisotopic (exact) mass is 311 g/mol. The van der Waals surface area contributed by atoms with Crippen LogP contribution in [0, 0.1) is 0 Å². The molecule has 0 spiro atoms. The minimum Gasteiger partial charge on any atom is -0.494 e. The Labute approximate surface area is 136 Å². The molecule has 0 aliphatic rings. The lowest BCUT2D eigenvalue weighted by Crippen LogP contribution is -2.07. The quantitative estimate of drug-likeness (QED) is 0.782. The Morgan fingerprint density at radius 1 is 0.913 bits per heavy atom. The largest absolute Gasteiger partial charge is 0.494 e. The molecule has 23 heavy (non-hydrogen) atoms. The van der Waals surface area contributed by atoms with Gasteiger partial charge in [0.25, 0.3) is 0 Å². The molecule has 0 aromatic heterocycles. The molecule has 0 atom stereocenters. The molecule has 0 aliphatic heterocycles. The van der Waals surface area contributed by atoms with Crippen molar-refractivity contribution in [2.24, 2.45) is 0 Å². The maximum atomic E-state index is 11.9. The van der Waals surface area contributed by atoms with Crippen LogP contribution in [0.25, 0.3) is 6.08 Å². The molecule has 0 aliphatic carbocycles. The third-order valence-corrected chi connectivity index (χ3v) is 3.05. The van der Waals surface area contributed by atoms with Gasteiger partial charge in [0.1, 0.15) is 11.5 Å². The fourth-order valence-corrected chi connectivity index (χ4v) is 2.00. The number of amides is 1. The summed E-state index contributed by atoms with van der Waals surface area (Å²) in [5.74, 6) is 1.43. The molecule has 120 valence electrons.